The molecule has 3 aliphatic rings. The van der Waals surface area contributed by atoms with Crippen molar-refractivity contribution in [2.75, 3.05) is 6.54 Å². The van der Waals surface area contributed by atoms with Crippen molar-refractivity contribution in [1.82, 2.24) is 9.80 Å². The second kappa shape index (κ2) is 11.0. The number of amides is 1. The molecule has 3 heterocycles. The average Bonchev–Trinajstić information content (AvgIpc) is 3.06. The Bertz CT molecular complexity index is 1330. The number of rotatable bonds is 6. The third kappa shape index (κ3) is 5.22. The number of benzene rings is 3. The molecule has 222 valence electrons. The monoisotopic (exact) mass is 582 g/mol. The maximum Gasteiger partial charge on any atom is 0.410 e. The van der Waals surface area contributed by atoms with E-state index in [9.17, 15) is 4.79 Å². The van der Waals surface area contributed by atoms with Gasteiger partial charge in [0.25, 0.3) is 8.32 Å². The first kappa shape index (κ1) is 29.2. The van der Waals surface area contributed by atoms with E-state index in [0.29, 0.717) is 5.92 Å². The Morgan fingerprint density at radius 1 is 0.786 bits per heavy atom. The van der Waals surface area contributed by atoms with Crippen molar-refractivity contribution in [3.05, 3.63) is 96.6 Å². The number of likely N-dealkylation sites (tertiary alicyclic amines) is 1. The lowest BCUT2D eigenvalue weighted by Gasteiger charge is -2.47. The van der Waals surface area contributed by atoms with Crippen molar-refractivity contribution in [3.63, 3.8) is 0 Å². The van der Waals surface area contributed by atoms with Crippen LogP contribution in [-0.2, 0) is 15.7 Å². The highest BCUT2D eigenvalue weighted by Crippen LogP contribution is 2.50. The molecule has 0 aliphatic carbocycles. The summed E-state index contributed by atoms with van der Waals surface area (Å²) in [5.74, 6) is 0.534. The second-order valence-corrected chi connectivity index (χ2v) is 18.8. The fourth-order valence-corrected chi connectivity index (χ4v) is 12.7. The van der Waals surface area contributed by atoms with E-state index < -0.39 is 13.9 Å². The van der Waals surface area contributed by atoms with Crippen molar-refractivity contribution in [2.24, 2.45) is 5.92 Å². The Labute approximate surface area is 253 Å². The summed E-state index contributed by atoms with van der Waals surface area (Å²) in [4.78, 5) is 18.6. The van der Waals surface area contributed by atoms with Crippen molar-refractivity contribution in [1.29, 1.82) is 0 Å². The first-order chi connectivity index (χ1) is 20.0. The van der Waals surface area contributed by atoms with Crippen LogP contribution in [0.5, 0.6) is 0 Å². The van der Waals surface area contributed by atoms with Crippen molar-refractivity contribution < 1.29 is 14.0 Å². The van der Waals surface area contributed by atoms with Gasteiger partial charge in [0.05, 0.1) is 24.2 Å². The van der Waals surface area contributed by atoms with E-state index in [2.05, 4.69) is 122 Å². The van der Waals surface area contributed by atoms with Gasteiger partial charge in [-0.2, -0.15) is 0 Å². The lowest BCUT2D eigenvalue weighted by molar-refractivity contribution is -0.0205. The van der Waals surface area contributed by atoms with E-state index in [1.165, 1.54) is 15.9 Å². The van der Waals surface area contributed by atoms with Crippen molar-refractivity contribution >= 4 is 24.8 Å². The molecule has 3 aromatic carbocycles. The number of hydrogen-bond donors (Lipinski definition) is 0. The van der Waals surface area contributed by atoms with Gasteiger partial charge in [-0.1, -0.05) is 112 Å². The normalized spacial score (nSPS) is 26.0. The number of piperidine rings is 2. The minimum absolute atomic E-state index is 0.0176. The van der Waals surface area contributed by atoms with E-state index in [0.717, 1.165) is 25.9 Å². The van der Waals surface area contributed by atoms with Crippen LogP contribution in [0, 0.1) is 5.92 Å². The Balaban J connectivity index is 1.48. The molecule has 3 saturated heterocycles. The topological polar surface area (TPSA) is 42.0 Å². The zero-order valence-corrected chi connectivity index (χ0v) is 27.0. The van der Waals surface area contributed by atoms with E-state index >= 15 is 0 Å². The molecule has 1 amide bonds. The zero-order valence-electron chi connectivity index (χ0n) is 26.0. The van der Waals surface area contributed by atoms with Gasteiger partial charge >= 0.3 is 6.09 Å². The van der Waals surface area contributed by atoms with Gasteiger partial charge in [-0.05, 0) is 60.5 Å². The molecule has 5 nitrogen and oxygen atoms in total. The fourth-order valence-electron chi connectivity index (χ4n) is 7.97. The summed E-state index contributed by atoms with van der Waals surface area (Å²) >= 11 is 0. The predicted octanol–water partition coefficient (Wildman–Crippen LogP) is 6.21. The van der Waals surface area contributed by atoms with Crippen LogP contribution in [0.4, 0.5) is 4.79 Å². The quantitative estimate of drug-likeness (QED) is 0.324. The SMILES string of the molecule is CC(C)(C)OC(=O)N1[C@@H]2C[C@@H]3C[C@H]1C([C@@H]2O[Si](c1ccccc1)(c1ccccc1)C(C)(C)C)N(Cc1ccccc1)C3. The molecular weight excluding hydrogens is 536 g/mol. The standard InChI is InChI=1S/C36H46N2O3Si/c1-35(2,3)40-34(39)38-30-22-27-23-31(38)33(32(30)37(25-27)24-26-16-10-7-11-17-26)41-42(36(4,5)6,28-18-12-8-13-19-28)29-20-14-9-15-21-29/h7-21,27,30-33H,22-25H2,1-6H3/t27-,30-,31+,32?,33+/m0/s1. The van der Waals surface area contributed by atoms with Crippen molar-refractivity contribution in [3.8, 4) is 0 Å². The fraction of sp³-hybridized carbons (Fsp3) is 0.472. The third-order valence-corrected chi connectivity index (χ3v) is 14.5. The van der Waals surface area contributed by atoms with Crippen LogP contribution in [0.2, 0.25) is 5.04 Å². The summed E-state index contributed by atoms with van der Waals surface area (Å²) in [6.07, 6.45) is 1.63. The van der Waals surface area contributed by atoms with Crippen LogP contribution in [0.25, 0.3) is 0 Å². The Hall–Kier alpha value is -2.93. The van der Waals surface area contributed by atoms with E-state index in [1.54, 1.807) is 0 Å². The molecule has 0 aromatic heterocycles. The predicted molar refractivity (Wildman–Crippen MR) is 172 cm³/mol. The molecule has 0 N–H and O–H groups in total. The summed E-state index contributed by atoms with van der Waals surface area (Å²) in [6, 6.07) is 32.7. The second-order valence-electron chi connectivity index (χ2n) is 14.5. The van der Waals surface area contributed by atoms with Crippen LogP contribution in [0.1, 0.15) is 59.9 Å². The van der Waals surface area contributed by atoms with E-state index in [-0.39, 0.29) is 35.4 Å². The Morgan fingerprint density at radius 2 is 1.31 bits per heavy atom. The molecule has 3 aromatic rings. The molecule has 3 aliphatic heterocycles. The highest BCUT2D eigenvalue weighted by atomic mass is 28.4. The van der Waals surface area contributed by atoms with Gasteiger partial charge in [-0.3, -0.25) is 9.80 Å². The smallest absolute Gasteiger partial charge is 0.410 e. The molecule has 1 unspecified atom stereocenters. The van der Waals surface area contributed by atoms with E-state index in [4.69, 9.17) is 9.16 Å². The number of ether oxygens (including phenoxy) is 1. The summed E-state index contributed by atoms with van der Waals surface area (Å²) in [6.45, 7) is 14.8. The average molecular weight is 583 g/mol. The first-order valence-corrected chi connectivity index (χ1v) is 17.5. The maximum absolute atomic E-state index is 13.9. The first-order valence-electron chi connectivity index (χ1n) is 15.6. The lowest BCUT2D eigenvalue weighted by atomic mass is 9.86. The number of carbonyl (C=O) groups excluding carboxylic acids is 1. The number of hydrogen-bond acceptors (Lipinski definition) is 4. The Morgan fingerprint density at radius 3 is 1.83 bits per heavy atom. The summed E-state index contributed by atoms with van der Waals surface area (Å²) in [5.41, 5.74) is 0.751. The Kier molecular flexibility index (Phi) is 7.61. The van der Waals surface area contributed by atoms with Gasteiger partial charge in [0.2, 0.25) is 0 Å². The lowest BCUT2D eigenvalue weighted by Crippen LogP contribution is -2.69. The molecule has 42 heavy (non-hydrogen) atoms. The summed E-state index contributed by atoms with van der Waals surface area (Å²) in [5, 5.41) is 2.40. The molecule has 3 fully saturated rings. The molecule has 0 radical (unpaired) electrons. The molecular formula is C36H46N2O3Si. The maximum atomic E-state index is 13.9. The van der Waals surface area contributed by atoms with E-state index in [1.807, 2.05) is 20.8 Å². The van der Waals surface area contributed by atoms with Gasteiger partial charge in [-0.15, -0.1) is 0 Å². The van der Waals surface area contributed by atoms with Gasteiger partial charge in [0.15, 0.2) is 0 Å². The minimum atomic E-state index is -2.85. The number of carbonyl (C=O) groups is 1. The molecule has 6 rings (SSSR count). The van der Waals surface area contributed by atoms with Crippen LogP contribution in [0.15, 0.2) is 91.0 Å². The molecule has 6 heteroatoms. The minimum Gasteiger partial charge on any atom is -0.444 e. The van der Waals surface area contributed by atoms with Crippen LogP contribution >= 0.6 is 0 Å². The van der Waals surface area contributed by atoms with Crippen molar-refractivity contribution in [2.45, 2.75) is 95.8 Å². The highest BCUT2D eigenvalue weighted by molar-refractivity contribution is 6.99. The largest absolute Gasteiger partial charge is 0.444 e. The number of nitrogens with zero attached hydrogens (tertiary/aromatic N) is 2. The molecule has 0 saturated carbocycles. The zero-order chi connectivity index (χ0) is 29.7. The van der Waals surface area contributed by atoms with Crippen LogP contribution in [0.3, 0.4) is 0 Å². The number of fused-ring (bicyclic) bond motifs is 2. The van der Waals surface area contributed by atoms with Crippen LogP contribution in [-0.4, -0.2) is 60.6 Å². The van der Waals surface area contributed by atoms with Gasteiger partial charge in [-0.25, -0.2) is 4.79 Å². The van der Waals surface area contributed by atoms with Gasteiger partial charge in [0.1, 0.15) is 5.60 Å². The van der Waals surface area contributed by atoms with Crippen LogP contribution < -0.4 is 10.4 Å². The molecule has 5 atom stereocenters. The van der Waals surface area contributed by atoms with Gasteiger partial charge in [0, 0.05) is 13.1 Å². The highest BCUT2D eigenvalue weighted by Gasteiger charge is 2.64. The summed E-state index contributed by atoms with van der Waals surface area (Å²) in [7, 11) is -2.85. The molecule has 0 spiro atoms. The third-order valence-electron chi connectivity index (χ3n) is 9.45. The summed E-state index contributed by atoms with van der Waals surface area (Å²) < 4.78 is 14.0. The van der Waals surface area contributed by atoms with Gasteiger partial charge < -0.3 is 9.16 Å². The molecule has 3 bridgehead atoms.